The summed E-state index contributed by atoms with van der Waals surface area (Å²) < 4.78 is 11.3. The molecular weight excluding hydrogens is 350 g/mol. The van der Waals surface area contributed by atoms with Crippen molar-refractivity contribution in [1.82, 2.24) is 0 Å². The van der Waals surface area contributed by atoms with Crippen molar-refractivity contribution < 1.29 is 14.3 Å². The Balaban J connectivity index is 1.52. The van der Waals surface area contributed by atoms with E-state index in [2.05, 4.69) is 5.32 Å². The van der Waals surface area contributed by atoms with Crippen molar-refractivity contribution in [3.05, 3.63) is 78.9 Å². The summed E-state index contributed by atoms with van der Waals surface area (Å²) in [5.74, 6) is 1.41. The van der Waals surface area contributed by atoms with Crippen LogP contribution in [0.3, 0.4) is 0 Å². The van der Waals surface area contributed by atoms with Crippen molar-refractivity contribution in [3.8, 4) is 22.6 Å². The third kappa shape index (κ3) is 5.36. The van der Waals surface area contributed by atoms with Gasteiger partial charge < -0.3 is 14.8 Å². The number of amides is 1. The van der Waals surface area contributed by atoms with Crippen LogP contribution in [-0.2, 0) is 4.79 Å². The highest BCUT2D eigenvalue weighted by Crippen LogP contribution is 2.28. The molecule has 0 spiro atoms. The van der Waals surface area contributed by atoms with Gasteiger partial charge in [0.05, 0.1) is 13.2 Å². The summed E-state index contributed by atoms with van der Waals surface area (Å²) in [6.45, 7) is 2.98. The summed E-state index contributed by atoms with van der Waals surface area (Å²) >= 11 is 0. The lowest BCUT2D eigenvalue weighted by Crippen LogP contribution is -2.13. The molecule has 3 aromatic carbocycles. The molecule has 28 heavy (non-hydrogen) atoms. The maximum Gasteiger partial charge on any atom is 0.224 e. The fraction of sp³-hybridized carbons (Fsp3) is 0.208. The maximum absolute atomic E-state index is 12.4. The molecule has 0 aromatic heterocycles. The Labute approximate surface area is 166 Å². The van der Waals surface area contributed by atoms with Crippen molar-refractivity contribution in [1.29, 1.82) is 0 Å². The molecule has 0 unspecified atom stereocenters. The van der Waals surface area contributed by atoms with Crippen molar-refractivity contribution >= 4 is 11.6 Å². The third-order valence-corrected chi connectivity index (χ3v) is 4.24. The average molecular weight is 375 g/mol. The SMILES string of the molecule is CCOc1ccccc1OCCCC(=O)Nc1ccccc1-c1ccccc1. The molecule has 3 aromatic rings. The van der Waals surface area contributed by atoms with Crippen molar-refractivity contribution in [2.75, 3.05) is 18.5 Å². The van der Waals surface area contributed by atoms with Gasteiger partial charge in [0.2, 0.25) is 5.91 Å². The van der Waals surface area contributed by atoms with Crippen LogP contribution >= 0.6 is 0 Å². The molecule has 1 N–H and O–H groups in total. The predicted molar refractivity (Wildman–Crippen MR) is 113 cm³/mol. The number of carbonyl (C=O) groups excluding carboxylic acids is 1. The normalized spacial score (nSPS) is 10.3. The van der Waals surface area contributed by atoms with Gasteiger partial charge in [-0.1, -0.05) is 60.7 Å². The van der Waals surface area contributed by atoms with Gasteiger partial charge in [-0.3, -0.25) is 4.79 Å². The van der Waals surface area contributed by atoms with Gasteiger partial charge in [0.25, 0.3) is 0 Å². The number of anilines is 1. The second kappa shape index (κ2) is 10.2. The quantitative estimate of drug-likeness (QED) is 0.499. The van der Waals surface area contributed by atoms with Crippen LogP contribution in [-0.4, -0.2) is 19.1 Å². The summed E-state index contributed by atoms with van der Waals surface area (Å²) in [5, 5.41) is 3.02. The second-order valence-electron chi connectivity index (χ2n) is 6.29. The summed E-state index contributed by atoms with van der Waals surface area (Å²) in [6.07, 6.45) is 1.01. The molecule has 0 aliphatic heterocycles. The second-order valence-corrected chi connectivity index (χ2v) is 6.29. The van der Waals surface area contributed by atoms with E-state index in [-0.39, 0.29) is 5.91 Å². The largest absolute Gasteiger partial charge is 0.490 e. The number of para-hydroxylation sites is 3. The number of benzene rings is 3. The minimum absolute atomic E-state index is 0.0231. The minimum atomic E-state index is -0.0231. The number of nitrogens with one attached hydrogen (secondary N) is 1. The summed E-state index contributed by atoms with van der Waals surface area (Å²) in [6, 6.07) is 25.5. The Morgan fingerprint density at radius 2 is 1.46 bits per heavy atom. The van der Waals surface area contributed by atoms with Crippen molar-refractivity contribution in [2.24, 2.45) is 0 Å². The highest BCUT2D eigenvalue weighted by molar-refractivity contribution is 5.95. The number of hydrogen-bond donors (Lipinski definition) is 1. The van der Waals surface area contributed by atoms with Crippen LogP contribution < -0.4 is 14.8 Å². The average Bonchev–Trinajstić information content (AvgIpc) is 2.73. The van der Waals surface area contributed by atoms with E-state index in [1.165, 1.54) is 0 Å². The Kier molecular flexibility index (Phi) is 7.08. The molecule has 0 saturated carbocycles. The molecule has 4 nitrogen and oxygen atoms in total. The van der Waals surface area contributed by atoms with Crippen LogP contribution in [0.1, 0.15) is 19.8 Å². The molecule has 0 aliphatic rings. The first-order chi connectivity index (χ1) is 13.8. The Bertz CT molecular complexity index is 893. The van der Waals surface area contributed by atoms with Gasteiger partial charge >= 0.3 is 0 Å². The Morgan fingerprint density at radius 1 is 0.821 bits per heavy atom. The van der Waals surface area contributed by atoms with Gasteiger partial charge in [-0.2, -0.15) is 0 Å². The lowest BCUT2D eigenvalue weighted by Gasteiger charge is -2.13. The highest BCUT2D eigenvalue weighted by Gasteiger charge is 2.09. The standard InChI is InChI=1S/C24H25NO3/c1-2-27-22-15-8-9-16-23(22)28-18-10-17-24(26)25-21-14-7-6-13-20(21)19-11-4-3-5-12-19/h3-9,11-16H,2,10,17-18H2,1H3,(H,25,26). The summed E-state index contributed by atoms with van der Waals surface area (Å²) in [7, 11) is 0. The third-order valence-electron chi connectivity index (χ3n) is 4.24. The Hall–Kier alpha value is -3.27. The fourth-order valence-electron chi connectivity index (χ4n) is 2.93. The summed E-state index contributed by atoms with van der Waals surface area (Å²) in [4.78, 5) is 12.4. The van der Waals surface area contributed by atoms with Crippen molar-refractivity contribution in [3.63, 3.8) is 0 Å². The molecule has 0 fully saturated rings. The van der Waals surface area contributed by atoms with E-state index in [0.717, 1.165) is 22.6 Å². The first-order valence-corrected chi connectivity index (χ1v) is 9.57. The van der Waals surface area contributed by atoms with E-state index < -0.39 is 0 Å². The number of hydrogen-bond acceptors (Lipinski definition) is 3. The zero-order valence-electron chi connectivity index (χ0n) is 16.1. The zero-order valence-corrected chi connectivity index (χ0v) is 16.1. The molecule has 0 saturated heterocycles. The molecule has 1 amide bonds. The van der Waals surface area contributed by atoms with Crippen LogP contribution in [0.5, 0.6) is 11.5 Å². The minimum Gasteiger partial charge on any atom is -0.490 e. The maximum atomic E-state index is 12.4. The van der Waals surface area contributed by atoms with Gasteiger partial charge in [-0.25, -0.2) is 0 Å². The van der Waals surface area contributed by atoms with E-state index in [1.54, 1.807) is 0 Å². The topological polar surface area (TPSA) is 47.6 Å². The fourth-order valence-corrected chi connectivity index (χ4v) is 2.93. The summed E-state index contributed by atoms with van der Waals surface area (Å²) in [5.41, 5.74) is 2.91. The monoisotopic (exact) mass is 375 g/mol. The van der Waals surface area contributed by atoms with Gasteiger partial charge in [0.1, 0.15) is 0 Å². The molecule has 144 valence electrons. The smallest absolute Gasteiger partial charge is 0.224 e. The van der Waals surface area contributed by atoms with Crippen LogP contribution in [0.15, 0.2) is 78.9 Å². The van der Waals surface area contributed by atoms with Crippen molar-refractivity contribution in [2.45, 2.75) is 19.8 Å². The molecule has 0 atom stereocenters. The molecule has 3 rings (SSSR count). The first kappa shape index (κ1) is 19.5. The van der Waals surface area contributed by atoms with E-state index in [9.17, 15) is 4.79 Å². The van der Waals surface area contributed by atoms with E-state index >= 15 is 0 Å². The molecule has 0 heterocycles. The zero-order chi connectivity index (χ0) is 19.6. The predicted octanol–water partition coefficient (Wildman–Crippen LogP) is 5.55. The van der Waals surface area contributed by atoms with Crippen LogP contribution in [0, 0.1) is 0 Å². The molecule has 0 radical (unpaired) electrons. The molecule has 4 heteroatoms. The van der Waals surface area contributed by atoms with Gasteiger partial charge in [0, 0.05) is 17.7 Å². The number of ether oxygens (including phenoxy) is 2. The van der Waals surface area contributed by atoms with Crippen LogP contribution in [0.2, 0.25) is 0 Å². The first-order valence-electron chi connectivity index (χ1n) is 9.57. The van der Waals surface area contributed by atoms with E-state index in [4.69, 9.17) is 9.47 Å². The van der Waals surface area contributed by atoms with E-state index in [1.807, 2.05) is 85.8 Å². The number of carbonyl (C=O) groups is 1. The highest BCUT2D eigenvalue weighted by atomic mass is 16.5. The van der Waals surface area contributed by atoms with Gasteiger partial charge in [-0.15, -0.1) is 0 Å². The van der Waals surface area contributed by atoms with Crippen LogP contribution in [0.4, 0.5) is 5.69 Å². The lowest BCUT2D eigenvalue weighted by atomic mass is 10.0. The number of rotatable bonds is 9. The molecule has 0 bridgehead atoms. The molecular formula is C24H25NO3. The van der Waals surface area contributed by atoms with Crippen LogP contribution in [0.25, 0.3) is 11.1 Å². The lowest BCUT2D eigenvalue weighted by molar-refractivity contribution is -0.116. The van der Waals surface area contributed by atoms with Gasteiger partial charge in [-0.05, 0) is 37.1 Å². The van der Waals surface area contributed by atoms with E-state index in [0.29, 0.717) is 31.8 Å². The Morgan fingerprint density at radius 3 is 2.21 bits per heavy atom. The molecule has 0 aliphatic carbocycles. The van der Waals surface area contributed by atoms with Gasteiger partial charge in [0.15, 0.2) is 11.5 Å².